The lowest BCUT2D eigenvalue weighted by molar-refractivity contribution is -0.141. The fourth-order valence-electron chi connectivity index (χ4n) is 2.07. The number of hydrogen-bond donors (Lipinski definition) is 1. The van der Waals surface area contributed by atoms with Gasteiger partial charge in [-0.25, -0.2) is 13.6 Å². The van der Waals surface area contributed by atoms with Crippen molar-refractivity contribution >= 4 is 11.7 Å². The number of carbonyl (C=O) groups is 1. The highest BCUT2D eigenvalue weighted by Crippen LogP contribution is 2.25. The van der Waals surface area contributed by atoms with Gasteiger partial charge in [0.2, 0.25) is 0 Å². The predicted octanol–water partition coefficient (Wildman–Crippen LogP) is 2.75. The van der Waals surface area contributed by atoms with E-state index in [1.165, 1.54) is 0 Å². The molecular weight excluding hydrogens is 268 g/mol. The number of benzene rings is 1. The van der Waals surface area contributed by atoms with Crippen LogP contribution in [0.25, 0.3) is 0 Å². The molecule has 1 saturated heterocycles. The summed E-state index contributed by atoms with van der Waals surface area (Å²) < 4.78 is 34.4. The van der Waals surface area contributed by atoms with Crippen LogP contribution in [-0.2, 0) is 9.53 Å². The number of rotatable bonds is 5. The van der Waals surface area contributed by atoms with Gasteiger partial charge in [-0.05, 0) is 25.5 Å². The summed E-state index contributed by atoms with van der Waals surface area (Å²) in [5, 5.41) is 3.03. The molecule has 1 aliphatic rings. The molecule has 2 atom stereocenters. The summed E-state index contributed by atoms with van der Waals surface area (Å²) in [5.41, 5.74) is 1.41. The SMILES string of the molecule is Cc1ccc(NC2CC(C)OC2=O)cc1OCC(F)F. The Kier molecular flexibility index (Phi) is 4.42. The molecule has 1 heterocycles. The highest BCUT2D eigenvalue weighted by Gasteiger charge is 2.31. The van der Waals surface area contributed by atoms with Gasteiger partial charge in [-0.15, -0.1) is 0 Å². The molecule has 1 N–H and O–H groups in total. The fourth-order valence-corrected chi connectivity index (χ4v) is 2.07. The third-order valence-electron chi connectivity index (χ3n) is 3.06. The molecular formula is C14H17F2NO3. The molecule has 2 rings (SSSR count). The van der Waals surface area contributed by atoms with Crippen LogP contribution < -0.4 is 10.1 Å². The zero-order valence-electron chi connectivity index (χ0n) is 11.4. The van der Waals surface area contributed by atoms with E-state index in [9.17, 15) is 13.6 Å². The maximum Gasteiger partial charge on any atom is 0.328 e. The number of cyclic esters (lactones) is 1. The molecule has 1 fully saturated rings. The number of nitrogens with one attached hydrogen (secondary N) is 1. The Bertz CT molecular complexity index is 493. The molecule has 0 spiro atoms. The molecule has 0 aliphatic carbocycles. The first kappa shape index (κ1) is 14.6. The van der Waals surface area contributed by atoms with Crippen molar-refractivity contribution in [2.45, 2.75) is 38.8 Å². The first-order valence-corrected chi connectivity index (χ1v) is 6.44. The van der Waals surface area contributed by atoms with Crippen LogP contribution in [0.3, 0.4) is 0 Å². The number of ether oxygens (including phenoxy) is 2. The summed E-state index contributed by atoms with van der Waals surface area (Å²) in [7, 11) is 0. The third-order valence-corrected chi connectivity index (χ3v) is 3.06. The highest BCUT2D eigenvalue weighted by molar-refractivity contribution is 5.81. The van der Waals surface area contributed by atoms with E-state index in [1.807, 2.05) is 6.92 Å². The van der Waals surface area contributed by atoms with Crippen LogP contribution in [0.1, 0.15) is 18.9 Å². The van der Waals surface area contributed by atoms with E-state index < -0.39 is 19.1 Å². The number of anilines is 1. The van der Waals surface area contributed by atoms with Gasteiger partial charge in [-0.3, -0.25) is 0 Å². The van der Waals surface area contributed by atoms with E-state index in [0.717, 1.165) is 5.56 Å². The summed E-state index contributed by atoms with van der Waals surface area (Å²) in [6.45, 7) is 2.95. The van der Waals surface area contributed by atoms with Gasteiger partial charge in [0.05, 0.1) is 0 Å². The van der Waals surface area contributed by atoms with E-state index in [-0.39, 0.29) is 12.1 Å². The smallest absolute Gasteiger partial charge is 0.328 e. The number of carbonyl (C=O) groups excluding carboxylic acids is 1. The van der Waals surface area contributed by atoms with Crippen molar-refractivity contribution in [1.82, 2.24) is 0 Å². The van der Waals surface area contributed by atoms with Crippen LogP contribution in [0.5, 0.6) is 5.75 Å². The molecule has 1 aliphatic heterocycles. The number of esters is 1. The van der Waals surface area contributed by atoms with Gasteiger partial charge in [-0.1, -0.05) is 6.07 Å². The summed E-state index contributed by atoms with van der Waals surface area (Å²) in [5.74, 6) is 0.0860. The second-order valence-corrected chi connectivity index (χ2v) is 4.86. The highest BCUT2D eigenvalue weighted by atomic mass is 19.3. The van der Waals surface area contributed by atoms with Crippen molar-refractivity contribution in [2.24, 2.45) is 0 Å². The molecule has 0 saturated carbocycles. The zero-order chi connectivity index (χ0) is 14.7. The summed E-state index contributed by atoms with van der Waals surface area (Å²) in [6.07, 6.45) is -2.04. The Morgan fingerprint density at radius 1 is 1.50 bits per heavy atom. The van der Waals surface area contributed by atoms with Gasteiger partial charge in [0.15, 0.2) is 0 Å². The minimum absolute atomic E-state index is 0.111. The number of halogens is 2. The third kappa shape index (κ3) is 3.59. The van der Waals surface area contributed by atoms with Crippen molar-refractivity contribution < 1.29 is 23.0 Å². The minimum Gasteiger partial charge on any atom is -0.487 e. The van der Waals surface area contributed by atoms with Crippen molar-refractivity contribution in [3.63, 3.8) is 0 Å². The maximum atomic E-state index is 12.2. The molecule has 1 aromatic rings. The average molecular weight is 285 g/mol. The Morgan fingerprint density at radius 2 is 2.25 bits per heavy atom. The first-order chi connectivity index (χ1) is 9.45. The molecule has 2 unspecified atom stereocenters. The van der Waals surface area contributed by atoms with Gasteiger partial charge in [-0.2, -0.15) is 0 Å². The quantitative estimate of drug-likeness (QED) is 0.845. The molecule has 4 nitrogen and oxygen atoms in total. The normalized spacial score (nSPS) is 21.9. The number of hydrogen-bond acceptors (Lipinski definition) is 4. The fraction of sp³-hybridized carbons (Fsp3) is 0.500. The number of aryl methyl sites for hydroxylation is 1. The van der Waals surface area contributed by atoms with Crippen LogP contribution in [0.2, 0.25) is 0 Å². The molecule has 110 valence electrons. The topological polar surface area (TPSA) is 47.6 Å². The van der Waals surface area contributed by atoms with E-state index >= 15 is 0 Å². The molecule has 0 amide bonds. The van der Waals surface area contributed by atoms with Gasteiger partial charge in [0.1, 0.15) is 24.5 Å². The van der Waals surface area contributed by atoms with E-state index in [4.69, 9.17) is 9.47 Å². The first-order valence-electron chi connectivity index (χ1n) is 6.44. The number of alkyl halides is 2. The predicted molar refractivity (Wildman–Crippen MR) is 70.3 cm³/mol. The van der Waals surface area contributed by atoms with Gasteiger partial charge >= 0.3 is 5.97 Å². The molecule has 1 aromatic carbocycles. The van der Waals surface area contributed by atoms with E-state index in [1.54, 1.807) is 25.1 Å². The van der Waals surface area contributed by atoms with E-state index in [0.29, 0.717) is 17.9 Å². The van der Waals surface area contributed by atoms with Crippen LogP contribution in [0.4, 0.5) is 14.5 Å². The lowest BCUT2D eigenvalue weighted by atomic mass is 10.1. The van der Waals surface area contributed by atoms with Crippen LogP contribution in [-0.4, -0.2) is 31.1 Å². The Hall–Kier alpha value is -1.85. The Morgan fingerprint density at radius 3 is 2.85 bits per heavy atom. The molecule has 0 bridgehead atoms. The van der Waals surface area contributed by atoms with E-state index in [2.05, 4.69) is 5.32 Å². The Labute approximate surface area is 116 Å². The van der Waals surface area contributed by atoms with Crippen LogP contribution in [0.15, 0.2) is 18.2 Å². The zero-order valence-corrected chi connectivity index (χ0v) is 11.4. The average Bonchev–Trinajstić information content (AvgIpc) is 2.68. The maximum absolute atomic E-state index is 12.2. The van der Waals surface area contributed by atoms with Crippen molar-refractivity contribution in [3.05, 3.63) is 23.8 Å². The van der Waals surface area contributed by atoms with Crippen LogP contribution in [0, 0.1) is 6.92 Å². The summed E-state index contributed by atoms with van der Waals surface area (Å²) >= 11 is 0. The lowest BCUT2D eigenvalue weighted by Crippen LogP contribution is -2.24. The molecule has 20 heavy (non-hydrogen) atoms. The van der Waals surface area contributed by atoms with Crippen molar-refractivity contribution in [1.29, 1.82) is 0 Å². The van der Waals surface area contributed by atoms with Crippen LogP contribution >= 0.6 is 0 Å². The Balaban J connectivity index is 2.05. The monoisotopic (exact) mass is 285 g/mol. The lowest BCUT2D eigenvalue weighted by Gasteiger charge is -2.14. The second kappa shape index (κ2) is 6.07. The van der Waals surface area contributed by atoms with Gasteiger partial charge in [0, 0.05) is 18.2 Å². The largest absolute Gasteiger partial charge is 0.487 e. The summed E-state index contributed by atoms with van der Waals surface area (Å²) in [4.78, 5) is 11.5. The van der Waals surface area contributed by atoms with Crippen molar-refractivity contribution in [3.8, 4) is 5.75 Å². The standard InChI is InChI=1S/C14H17F2NO3/c1-8-3-4-10(6-12(8)19-7-13(15)16)17-11-5-9(2)20-14(11)18/h3-4,6,9,11,13,17H,5,7H2,1-2H3. The van der Waals surface area contributed by atoms with Crippen molar-refractivity contribution in [2.75, 3.05) is 11.9 Å². The summed E-state index contributed by atoms with van der Waals surface area (Å²) in [6, 6.07) is 4.75. The minimum atomic E-state index is -2.52. The molecule has 0 aromatic heterocycles. The second-order valence-electron chi connectivity index (χ2n) is 4.86. The van der Waals surface area contributed by atoms with Gasteiger partial charge < -0.3 is 14.8 Å². The molecule has 6 heteroatoms. The molecule has 0 radical (unpaired) electrons. The van der Waals surface area contributed by atoms with Gasteiger partial charge in [0.25, 0.3) is 6.43 Å².